The Morgan fingerprint density at radius 3 is 2.47 bits per heavy atom. The van der Waals surface area contributed by atoms with E-state index in [1.165, 1.54) is 0 Å². The lowest BCUT2D eigenvalue weighted by molar-refractivity contribution is -0.121. The number of nitrogens with one attached hydrogen (secondary N) is 2. The molecule has 1 rings (SSSR count). The van der Waals surface area contributed by atoms with Crippen LogP contribution in [-0.4, -0.2) is 19.0 Å². The van der Waals surface area contributed by atoms with Gasteiger partial charge in [-0.15, -0.1) is 6.42 Å². The Kier molecular flexibility index (Phi) is 5.59. The molecule has 0 radical (unpaired) electrons. The molecule has 0 aliphatic carbocycles. The number of hydrogen-bond donors (Lipinski definition) is 2. The van der Waals surface area contributed by atoms with E-state index in [1.54, 1.807) is 0 Å². The van der Waals surface area contributed by atoms with Gasteiger partial charge >= 0.3 is 0 Å². The lowest BCUT2D eigenvalue weighted by Crippen LogP contribution is -2.41. The molecule has 0 saturated heterocycles. The average Bonchev–Trinajstić information content (AvgIpc) is 2.36. The number of benzene rings is 1. The van der Waals surface area contributed by atoms with Crippen molar-refractivity contribution in [3.63, 3.8) is 0 Å². The molecule has 0 bridgehead atoms. The van der Waals surface area contributed by atoms with Crippen LogP contribution in [0.25, 0.3) is 0 Å². The minimum Gasteiger partial charge on any atom is -0.348 e. The Hall–Kier alpha value is -1.79. The summed E-state index contributed by atoms with van der Waals surface area (Å²) < 4.78 is 0. The van der Waals surface area contributed by atoms with E-state index in [0.29, 0.717) is 6.54 Å². The molecule has 1 amide bonds. The molecule has 0 aliphatic heterocycles. The van der Waals surface area contributed by atoms with E-state index in [1.807, 2.05) is 30.3 Å². The van der Waals surface area contributed by atoms with Crippen molar-refractivity contribution in [1.29, 1.82) is 0 Å². The van der Waals surface area contributed by atoms with Crippen LogP contribution in [0, 0.1) is 17.8 Å². The summed E-state index contributed by atoms with van der Waals surface area (Å²) in [6, 6.07) is 9.98. The van der Waals surface area contributed by atoms with E-state index < -0.39 is 0 Å². The van der Waals surface area contributed by atoms with Gasteiger partial charge in [0.15, 0.2) is 0 Å². The topological polar surface area (TPSA) is 41.1 Å². The predicted molar refractivity (Wildman–Crippen MR) is 78.5 cm³/mol. The Morgan fingerprint density at radius 1 is 1.32 bits per heavy atom. The Morgan fingerprint density at radius 2 is 1.95 bits per heavy atom. The first kappa shape index (κ1) is 15.3. The van der Waals surface area contributed by atoms with Crippen LogP contribution in [0.3, 0.4) is 0 Å². The standard InChI is InChI=1S/C16H22N2O/c1-5-11-17-12-14(19)18-15(16(2,3)4)13-9-7-6-8-10-13/h1,6-10,15,17H,11-12H2,2-4H3,(H,18,19). The van der Waals surface area contributed by atoms with Gasteiger partial charge in [-0.05, 0) is 11.0 Å². The summed E-state index contributed by atoms with van der Waals surface area (Å²) in [5.41, 5.74) is 1.06. The zero-order chi connectivity index (χ0) is 14.3. The molecule has 0 aromatic heterocycles. The molecule has 102 valence electrons. The summed E-state index contributed by atoms with van der Waals surface area (Å²) in [5.74, 6) is 2.40. The number of hydrogen-bond acceptors (Lipinski definition) is 2. The van der Waals surface area contributed by atoms with E-state index in [9.17, 15) is 4.79 Å². The molecule has 3 nitrogen and oxygen atoms in total. The fourth-order valence-corrected chi connectivity index (χ4v) is 1.91. The van der Waals surface area contributed by atoms with E-state index >= 15 is 0 Å². The molecule has 19 heavy (non-hydrogen) atoms. The molecule has 0 spiro atoms. The Bertz CT molecular complexity index is 440. The van der Waals surface area contributed by atoms with Crippen molar-refractivity contribution in [3.8, 4) is 12.3 Å². The highest BCUT2D eigenvalue weighted by atomic mass is 16.2. The third-order valence-electron chi connectivity index (χ3n) is 2.82. The number of amides is 1. The van der Waals surface area contributed by atoms with Crippen molar-refractivity contribution in [2.45, 2.75) is 26.8 Å². The van der Waals surface area contributed by atoms with Gasteiger partial charge in [0.1, 0.15) is 0 Å². The SMILES string of the molecule is C#CCNCC(=O)NC(c1ccccc1)C(C)(C)C. The summed E-state index contributed by atoms with van der Waals surface area (Å²) in [4.78, 5) is 11.9. The first-order valence-electron chi connectivity index (χ1n) is 6.43. The molecule has 3 heteroatoms. The van der Waals surface area contributed by atoms with E-state index in [2.05, 4.69) is 37.3 Å². The van der Waals surface area contributed by atoms with Gasteiger partial charge in [0.2, 0.25) is 5.91 Å². The van der Waals surface area contributed by atoms with Crippen LogP contribution >= 0.6 is 0 Å². The van der Waals surface area contributed by atoms with Crippen LogP contribution in [0.2, 0.25) is 0 Å². The van der Waals surface area contributed by atoms with Crippen LogP contribution in [0.4, 0.5) is 0 Å². The molecule has 0 fully saturated rings. The van der Waals surface area contributed by atoms with Crippen LogP contribution in [-0.2, 0) is 4.79 Å². The van der Waals surface area contributed by atoms with Crippen LogP contribution in [0.5, 0.6) is 0 Å². The molecule has 0 heterocycles. The van der Waals surface area contributed by atoms with Crippen molar-refractivity contribution in [1.82, 2.24) is 10.6 Å². The summed E-state index contributed by atoms with van der Waals surface area (Å²) in [5, 5.41) is 5.96. The summed E-state index contributed by atoms with van der Waals surface area (Å²) >= 11 is 0. The predicted octanol–water partition coefficient (Wildman–Crippen LogP) is 2.11. The van der Waals surface area contributed by atoms with Crippen molar-refractivity contribution in [3.05, 3.63) is 35.9 Å². The normalized spacial score (nSPS) is 12.5. The largest absolute Gasteiger partial charge is 0.348 e. The third-order valence-corrected chi connectivity index (χ3v) is 2.82. The lowest BCUT2D eigenvalue weighted by Gasteiger charge is -2.32. The minimum atomic E-state index is -0.0524. The minimum absolute atomic E-state index is 0.0196. The van der Waals surface area contributed by atoms with E-state index in [-0.39, 0.29) is 23.9 Å². The van der Waals surface area contributed by atoms with Crippen LogP contribution in [0.15, 0.2) is 30.3 Å². The van der Waals surface area contributed by atoms with E-state index in [4.69, 9.17) is 6.42 Å². The van der Waals surface area contributed by atoms with Crippen molar-refractivity contribution < 1.29 is 4.79 Å². The van der Waals surface area contributed by atoms with Crippen molar-refractivity contribution in [2.75, 3.05) is 13.1 Å². The van der Waals surface area contributed by atoms with Gasteiger partial charge in [0.25, 0.3) is 0 Å². The zero-order valence-electron chi connectivity index (χ0n) is 11.9. The zero-order valence-corrected chi connectivity index (χ0v) is 11.9. The van der Waals surface area contributed by atoms with Gasteiger partial charge < -0.3 is 5.32 Å². The van der Waals surface area contributed by atoms with E-state index in [0.717, 1.165) is 5.56 Å². The van der Waals surface area contributed by atoms with Gasteiger partial charge in [-0.3, -0.25) is 10.1 Å². The third kappa shape index (κ3) is 5.15. The number of rotatable bonds is 5. The maximum atomic E-state index is 11.9. The number of terminal acetylenes is 1. The fraction of sp³-hybridized carbons (Fsp3) is 0.438. The smallest absolute Gasteiger partial charge is 0.234 e. The van der Waals surface area contributed by atoms with Crippen LogP contribution in [0.1, 0.15) is 32.4 Å². The molecule has 1 unspecified atom stereocenters. The molecule has 0 saturated carbocycles. The highest BCUT2D eigenvalue weighted by Gasteiger charge is 2.27. The molecular formula is C16H22N2O. The summed E-state index contributed by atoms with van der Waals surface area (Å²) in [6.07, 6.45) is 5.13. The second-order valence-corrected chi connectivity index (χ2v) is 5.58. The number of carbonyl (C=O) groups excluding carboxylic acids is 1. The molecule has 1 atom stereocenters. The van der Waals surface area contributed by atoms with Gasteiger partial charge in [0, 0.05) is 0 Å². The van der Waals surface area contributed by atoms with Gasteiger partial charge in [-0.2, -0.15) is 0 Å². The first-order chi connectivity index (χ1) is 8.95. The van der Waals surface area contributed by atoms with Gasteiger partial charge in [-0.25, -0.2) is 0 Å². The molecular weight excluding hydrogens is 236 g/mol. The van der Waals surface area contributed by atoms with Gasteiger partial charge in [-0.1, -0.05) is 57.0 Å². The second kappa shape index (κ2) is 6.96. The summed E-state index contributed by atoms with van der Waals surface area (Å²) in [7, 11) is 0. The maximum Gasteiger partial charge on any atom is 0.234 e. The average molecular weight is 258 g/mol. The summed E-state index contributed by atoms with van der Waals surface area (Å²) in [6.45, 7) is 6.97. The lowest BCUT2D eigenvalue weighted by atomic mass is 9.82. The molecule has 1 aromatic rings. The van der Waals surface area contributed by atoms with Crippen molar-refractivity contribution in [2.24, 2.45) is 5.41 Å². The maximum absolute atomic E-state index is 11.9. The Labute approximate surface area is 115 Å². The van der Waals surface area contributed by atoms with Crippen LogP contribution < -0.4 is 10.6 Å². The molecule has 2 N–H and O–H groups in total. The highest BCUT2D eigenvalue weighted by molar-refractivity contribution is 5.78. The second-order valence-electron chi connectivity index (χ2n) is 5.58. The van der Waals surface area contributed by atoms with Crippen molar-refractivity contribution >= 4 is 5.91 Å². The monoisotopic (exact) mass is 258 g/mol. The van der Waals surface area contributed by atoms with Gasteiger partial charge in [0.05, 0.1) is 19.1 Å². The number of carbonyl (C=O) groups is 1. The highest BCUT2D eigenvalue weighted by Crippen LogP contribution is 2.32. The fourth-order valence-electron chi connectivity index (χ4n) is 1.91. The molecule has 0 aliphatic rings. The quantitative estimate of drug-likeness (QED) is 0.627. The first-order valence-corrected chi connectivity index (χ1v) is 6.43. The Balaban J connectivity index is 2.73. The molecule has 1 aromatic carbocycles.